The second kappa shape index (κ2) is 5.17. The first-order valence-corrected chi connectivity index (χ1v) is 7.10. The van der Waals surface area contributed by atoms with Crippen molar-refractivity contribution < 1.29 is 9.53 Å². The van der Waals surface area contributed by atoms with Crippen LogP contribution in [0.15, 0.2) is 35.6 Å². The minimum absolute atomic E-state index is 0.0449. The first kappa shape index (κ1) is 13.6. The number of nitriles is 1. The number of hydrogen-bond donors (Lipinski definition) is 1. The summed E-state index contributed by atoms with van der Waals surface area (Å²) in [5.74, 6) is -0.507. The molecule has 2 unspecified atom stereocenters. The summed E-state index contributed by atoms with van der Waals surface area (Å²) in [5.41, 5.74) is 2.63. The molecule has 1 aromatic carbocycles. The Morgan fingerprint density at radius 1 is 1.29 bits per heavy atom. The van der Waals surface area contributed by atoms with E-state index in [2.05, 4.69) is 6.07 Å². The highest BCUT2D eigenvalue weighted by Gasteiger charge is 2.42. The van der Waals surface area contributed by atoms with Gasteiger partial charge in [0, 0.05) is 24.3 Å². The summed E-state index contributed by atoms with van der Waals surface area (Å²) in [6.07, 6.45) is 1.92. The lowest BCUT2D eigenvalue weighted by molar-refractivity contribution is -0.116. The van der Waals surface area contributed by atoms with Gasteiger partial charge < -0.3 is 4.74 Å². The lowest BCUT2D eigenvalue weighted by Crippen LogP contribution is -2.34. The molecule has 0 aromatic heterocycles. The maximum atomic E-state index is 12.3. The quantitative estimate of drug-likeness (QED) is 0.858. The monoisotopic (exact) mass is 280 g/mol. The average molecular weight is 280 g/mol. The van der Waals surface area contributed by atoms with E-state index in [1.807, 2.05) is 31.2 Å². The summed E-state index contributed by atoms with van der Waals surface area (Å²) in [4.78, 5) is 12.3. The van der Waals surface area contributed by atoms with Gasteiger partial charge in [-0.2, -0.15) is 5.26 Å². The minimum Gasteiger partial charge on any atom is -0.446 e. The van der Waals surface area contributed by atoms with Crippen molar-refractivity contribution in [2.24, 2.45) is 5.92 Å². The van der Waals surface area contributed by atoms with Gasteiger partial charge in [0.1, 0.15) is 11.7 Å². The lowest BCUT2D eigenvalue weighted by atomic mass is 9.74. The van der Waals surface area contributed by atoms with Crippen molar-refractivity contribution in [2.75, 3.05) is 0 Å². The van der Waals surface area contributed by atoms with Gasteiger partial charge in [-0.25, -0.2) is 0 Å². The standard InChI is InChI=1S/C17H16N2O2/c1-10-5-7-11(8-6-10)15-12(9-18)17(19)21-14-4-2-3-13(20)16(14)15/h5-8,12,15,19H,2-4H2,1H3. The zero-order chi connectivity index (χ0) is 15.0. The van der Waals surface area contributed by atoms with E-state index in [0.717, 1.165) is 17.5 Å². The fraction of sp³-hybridized carbons (Fsp3) is 0.353. The molecule has 0 saturated heterocycles. The van der Waals surface area contributed by atoms with E-state index in [1.165, 1.54) is 0 Å². The molecule has 0 spiro atoms. The van der Waals surface area contributed by atoms with Crippen molar-refractivity contribution in [1.82, 2.24) is 0 Å². The third-order valence-corrected chi connectivity index (χ3v) is 4.14. The molecule has 106 valence electrons. The molecule has 3 rings (SSSR count). The molecule has 1 aromatic rings. The number of carbonyl (C=O) groups excluding carboxylic acids is 1. The first-order chi connectivity index (χ1) is 10.1. The number of ketones is 1. The van der Waals surface area contributed by atoms with Crippen LogP contribution in [0.1, 0.15) is 36.3 Å². The van der Waals surface area contributed by atoms with Gasteiger partial charge in [-0.1, -0.05) is 29.8 Å². The van der Waals surface area contributed by atoms with Crippen LogP contribution in [0.25, 0.3) is 0 Å². The second-order valence-corrected chi connectivity index (χ2v) is 5.58. The van der Waals surface area contributed by atoms with Crippen molar-refractivity contribution in [3.8, 4) is 6.07 Å². The van der Waals surface area contributed by atoms with Crippen molar-refractivity contribution in [3.63, 3.8) is 0 Å². The van der Waals surface area contributed by atoms with Gasteiger partial charge in [0.05, 0.1) is 6.07 Å². The molecule has 0 bridgehead atoms. The van der Waals surface area contributed by atoms with E-state index >= 15 is 0 Å². The molecule has 4 nitrogen and oxygen atoms in total. The molecule has 0 amide bonds. The Balaban J connectivity index is 2.15. The van der Waals surface area contributed by atoms with Crippen LogP contribution in [-0.4, -0.2) is 11.7 Å². The largest absolute Gasteiger partial charge is 0.446 e. The van der Waals surface area contributed by atoms with E-state index < -0.39 is 5.92 Å². The van der Waals surface area contributed by atoms with E-state index in [0.29, 0.717) is 24.2 Å². The normalized spacial score (nSPS) is 25.1. The highest BCUT2D eigenvalue weighted by Crippen LogP contribution is 2.43. The molecule has 1 N–H and O–H groups in total. The fourth-order valence-corrected chi connectivity index (χ4v) is 3.07. The summed E-state index contributed by atoms with van der Waals surface area (Å²) in [6.45, 7) is 1.99. The number of benzene rings is 1. The molecule has 0 fully saturated rings. The number of hydrogen-bond acceptors (Lipinski definition) is 4. The van der Waals surface area contributed by atoms with Gasteiger partial charge in [-0.05, 0) is 18.9 Å². The summed E-state index contributed by atoms with van der Waals surface area (Å²) in [5, 5.41) is 17.4. The van der Waals surface area contributed by atoms with Crippen LogP contribution in [0.2, 0.25) is 0 Å². The Kier molecular flexibility index (Phi) is 3.34. The fourth-order valence-electron chi connectivity index (χ4n) is 3.07. The third kappa shape index (κ3) is 2.25. The summed E-state index contributed by atoms with van der Waals surface area (Å²) < 4.78 is 5.46. The molecule has 0 radical (unpaired) electrons. The van der Waals surface area contributed by atoms with E-state index in [-0.39, 0.29) is 17.6 Å². The van der Waals surface area contributed by atoms with Crippen molar-refractivity contribution in [3.05, 3.63) is 46.7 Å². The van der Waals surface area contributed by atoms with Crippen LogP contribution in [0, 0.1) is 29.6 Å². The molecule has 21 heavy (non-hydrogen) atoms. The van der Waals surface area contributed by atoms with Gasteiger partial charge >= 0.3 is 0 Å². The maximum absolute atomic E-state index is 12.3. The smallest absolute Gasteiger partial charge is 0.205 e. The molecule has 1 aliphatic carbocycles. The molecule has 1 heterocycles. The number of nitrogens with zero attached hydrogens (tertiary/aromatic N) is 1. The van der Waals surface area contributed by atoms with Gasteiger partial charge in [-0.15, -0.1) is 0 Å². The number of rotatable bonds is 1. The Hall–Kier alpha value is -2.41. The minimum atomic E-state index is -0.728. The van der Waals surface area contributed by atoms with Gasteiger partial charge in [0.15, 0.2) is 5.78 Å². The number of nitrogens with one attached hydrogen (secondary N) is 1. The summed E-state index contributed by atoms with van der Waals surface area (Å²) in [7, 11) is 0. The average Bonchev–Trinajstić information content (AvgIpc) is 2.47. The van der Waals surface area contributed by atoms with Crippen LogP contribution in [0.5, 0.6) is 0 Å². The highest BCUT2D eigenvalue weighted by atomic mass is 16.5. The topological polar surface area (TPSA) is 73.9 Å². The van der Waals surface area contributed by atoms with Crippen molar-refractivity contribution in [2.45, 2.75) is 32.1 Å². The van der Waals surface area contributed by atoms with E-state index in [4.69, 9.17) is 10.1 Å². The van der Waals surface area contributed by atoms with E-state index in [1.54, 1.807) is 0 Å². The van der Waals surface area contributed by atoms with Crippen LogP contribution < -0.4 is 0 Å². The Bertz CT molecular complexity index is 680. The molecule has 2 aliphatic rings. The van der Waals surface area contributed by atoms with Crippen LogP contribution in [-0.2, 0) is 9.53 Å². The molecular formula is C17H16N2O2. The third-order valence-electron chi connectivity index (χ3n) is 4.14. The van der Waals surface area contributed by atoms with E-state index in [9.17, 15) is 10.1 Å². The Labute approximate surface area is 123 Å². The number of Topliss-reactive ketones (excluding diaryl/α,β-unsaturated/α-hetero) is 1. The highest BCUT2D eigenvalue weighted by molar-refractivity contribution is 6.01. The maximum Gasteiger partial charge on any atom is 0.205 e. The first-order valence-electron chi connectivity index (χ1n) is 7.10. The van der Waals surface area contributed by atoms with Gasteiger partial charge in [0.25, 0.3) is 0 Å². The van der Waals surface area contributed by atoms with Crippen LogP contribution >= 0.6 is 0 Å². The molecule has 4 heteroatoms. The zero-order valence-electron chi connectivity index (χ0n) is 11.8. The lowest BCUT2D eigenvalue weighted by Gasteiger charge is -2.34. The molecule has 1 aliphatic heterocycles. The SMILES string of the molecule is Cc1ccc(C2C3=C(CCCC3=O)OC(=N)C2C#N)cc1. The summed E-state index contributed by atoms with van der Waals surface area (Å²) in [6, 6.07) is 9.95. The molecule has 0 saturated carbocycles. The predicted molar refractivity (Wildman–Crippen MR) is 77.7 cm³/mol. The number of aryl methyl sites for hydroxylation is 1. The molecular weight excluding hydrogens is 264 g/mol. The zero-order valence-corrected chi connectivity index (χ0v) is 11.8. The van der Waals surface area contributed by atoms with Crippen LogP contribution in [0.4, 0.5) is 0 Å². The second-order valence-electron chi connectivity index (χ2n) is 5.58. The van der Waals surface area contributed by atoms with Crippen LogP contribution in [0.3, 0.4) is 0 Å². The van der Waals surface area contributed by atoms with Crippen molar-refractivity contribution in [1.29, 1.82) is 10.7 Å². The number of allylic oxidation sites excluding steroid dienone is 2. The number of ether oxygens (including phenoxy) is 1. The Morgan fingerprint density at radius 3 is 2.67 bits per heavy atom. The number of carbonyl (C=O) groups is 1. The predicted octanol–water partition coefficient (Wildman–Crippen LogP) is 3.23. The molecule has 2 atom stereocenters. The summed E-state index contributed by atoms with van der Waals surface area (Å²) >= 11 is 0. The van der Waals surface area contributed by atoms with Gasteiger partial charge in [-0.3, -0.25) is 10.2 Å². The van der Waals surface area contributed by atoms with Crippen molar-refractivity contribution >= 4 is 11.7 Å². The Morgan fingerprint density at radius 2 is 2.00 bits per heavy atom. The van der Waals surface area contributed by atoms with Gasteiger partial charge in [0.2, 0.25) is 5.90 Å².